The molecule has 170 valence electrons. The molecule has 4 rings (SSSR count). The zero-order chi connectivity index (χ0) is 21.5. The minimum Gasteiger partial charge on any atom is -0.372 e. The van der Waals surface area contributed by atoms with Crippen LogP contribution in [-0.2, 0) is 6.54 Å². The second kappa shape index (κ2) is 11.9. The molecule has 2 heterocycles. The van der Waals surface area contributed by atoms with Gasteiger partial charge in [-0.2, -0.15) is 5.10 Å². The maximum absolute atomic E-state index is 4.76. The average molecular weight is 544 g/mol. The summed E-state index contributed by atoms with van der Waals surface area (Å²) < 4.78 is 1.89. The highest BCUT2D eigenvalue weighted by atomic mass is 127. The van der Waals surface area contributed by atoms with Gasteiger partial charge in [-0.3, -0.25) is 0 Å². The van der Waals surface area contributed by atoms with E-state index in [4.69, 9.17) is 4.99 Å². The Hall–Kier alpha value is -2.55. The summed E-state index contributed by atoms with van der Waals surface area (Å²) in [4.78, 5) is 7.24. The Labute approximate surface area is 208 Å². The fourth-order valence-corrected chi connectivity index (χ4v) is 3.91. The Morgan fingerprint density at radius 2 is 1.78 bits per heavy atom. The van der Waals surface area contributed by atoms with Crippen LogP contribution >= 0.6 is 24.0 Å². The van der Waals surface area contributed by atoms with Gasteiger partial charge in [-0.05, 0) is 62.6 Å². The summed E-state index contributed by atoms with van der Waals surface area (Å²) >= 11 is 0. The molecule has 1 saturated heterocycles. The van der Waals surface area contributed by atoms with Crippen molar-refractivity contribution in [2.75, 3.05) is 24.5 Å². The second-order valence-corrected chi connectivity index (χ2v) is 7.94. The molecule has 6 nitrogen and oxygen atoms in total. The highest BCUT2D eigenvalue weighted by Crippen LogP contribution is 2.24. The van der Waals surface area contributed by atoms with E-state index >= 15 is 0 Å². The van der Waals surface area contributed by atoms with Crippen molar-refractivity contribution in [3.8, 4) is 5.69 Å². The van der Waals surface area contributed by atoms with E-state index in [9.17, 15) is 0 Å². The van der Waals surface area contributed by atoms with Crippen molar-refractivity contribution in [2.24, 2.45) is 4.99 Å². The zero-order valence-electron chi connectivity index (χ0n) is 18.9. The lowest BCUT2D eigenvalue weighted by Crippen LogP contribution is -2.38. The first-order valence-corrected chi connectivity index (χ1v) is 11.2. The van der Waals surface area contributed by atoms with Crippen LogP contribution in [0, 0.1) is 0 Å². The summed E-state index contributed by atoms with van der Waals surface area (Å²) in [7, 11) is 0. The van der Waals surface area contributed by atoms with Crippen LogP contribution < -0.4 is 15.5 Å². The third-order valence-corrected chi connectivity index (χ3v) is 5.60. The molecule has 0 radical (unpaired) electrons. The van der Waals surface area contributed by atoms with E-state index in [-0.39, 0.29) is 30.0 Å². The van der Waals surface area contributed by atoms with Gasteiger partial charge in [-0.25, -0.2) is 9.67 Å². The summed E-state index contributed by atoms with van der Waals surface area (Å²) in [6.45, 7) is 7.91. The Kier molecular flexibility index (Phi) is 8.96. The first-order chi connectivity index (χ1) is 15.2. The van der Waals surface area contributed by atoms with Crippen LogP contribution in [0.15, 0.2) is 71.9 Å². The number of nitrogens with zero attached hydrogens (tertiary/aromatic N) is 4. The molecule has 0 bridgehead atoms. The molecule has 0 amide bonds. The summed E-state index contributed by atoms with van der Waals surface area (Å²) in [5.41, 5.74) is 4.57. The predicted octanol–water partition coefficient (Wildman–Crippen LogP) is 4.91. The number of halogens is 1. The van der Waals surface area contributed by atoms with Crippen LogP contribution in [0.2, 0.25) is 0 Å². The van der Waals surface area contributed by atoms with Crippen molar-refractivity contribution in [3.05, 3.63) is 78.1 Å². The third-order valence-electron chi connectivity index (χ3n) is 5.60. The quantitative estimate of drug-likeness (QED) is 0.252. The smallest absolute Gasteiger partial charge is 0.192 e. The van der Waals surface area contributed by atoms with E-state index in [0.717, 1.165) is 37.0 Å². The number of hydrogen-bond acceptors (Lipinski definition) is 3. The molecule has 2 N–H and O–H groups in total. The highest BCUT2D eigenvalue weighted by Gasteiger charge is 2.14. The second-order valence-electron chi connectivity index (χ2n) is 7.94. The fourth-order valence-electron chi connectivity index (χ4n) is 3.91. The molecule has 1 aromatic heterocycles. The Morgan fingerprint density at radius 1 is 1.03 bits per heavy atom. The lowest BCUT2D eigenvalue weighted by atomic mass is 10.1. The van der Waals surface area contributed by atoms with Crippen molar-refractivity contribution in [1.82, 2.24) is 20.4 Å². The van der Waals surface area contributed by atoms with E-state index in [2.05, 4.69) is 58.7 Å². The first kappa shape index (κ1) is 24.1. The first-order valence-electron chi connectivity index (χ1n) is 11.2. The molecule has 1 fully saturated rings. The van der Waals surface area contributed by atoms with Gasteiger partial charge in [0, 0.05) is 31.5 Å². The fraction of sp³-hybridized carbons (Fsp3) is 0.360. The third kappa shape index (κ3) is 6.25. The van der Waals surface area contributed by atoms with Gasteiger partial charge in [0.15, 0.2) is 5.96 Å². The molecule has 1 aliphatic heterocycles. The normalized spacial score (nSPS) is 14.7. The molecular weight excluding hydrogens is 511 g/mol. The lowest BCUT2D eigenvalue weighted by molar-refractivity contribution is 0.684. The number of aliphatic imine (C=N–C) groups is 1. The minimum absolute atomic E-state index is 0. The van der Waals surface area contributed by atoms with Crippen molar-refractivity contribution in [3.63, 3.8) is 0 Å². The van der Waals surface area contributed by atoms with E-state index in [1.54, 1.807) is 0 Å². The monoisotopic (exact) mass is 544 g/mol. The number of rotatable bonds is 7. The molecule has 1 atom stereocenters. The van der Waals surface area contributed by atoms with Gasteiger partial charge in [-0.15, -0.1) is 24.0 Å². The van der Waals surface area contributed by atoms with Crippen LogP contribution in [0.5, 0.6) is 0 Å². The average Bonchev–Trinajstić information content (AvgIpc) is 3.51. The summed E-state index contributed by atoms with van der Waals surface area (Å²) in [6.07, 6.45) is 4.55. The molecule has 3 aromatic rings. The van der Waals surface area contributed by atoms with Gasteiger partial charge >= 0.3 is 0 Å². The van der Waals surface area contributed by atoms with Gasteiger partial charge in [0.1, 0.15) is 0 Å². The van der Waals surface area contributed by atoms with Crippen LogP contribution in [0.4, 0.5) is 5.69 Å². The van der Waals surface area contributed by atoms with E-state index in [1.807, 2.05) is 47.3 Å². The number of guanidine groups is 1. The summed E-state index contributed by atoms with van der Waals surface area (Å²) in [5, 5.41) is 11.6. The number of benzene rings is 2. The molecule has 1 unspecified atom stereocenters. The zero-order valence-corrected chi connectivity index (χ0v) is 21.2. The lowest BCUT2D eigenvalue weighted by Gasteiger charge is -2.22. The SMILES string of the molecule is CCNC(=NCc1ccn(-c2ccccc2)n1)NC(C)c1cccc(N2CCCC2)c1.I. The van der Waals surface area contributed by atoms with Gasteiger partial charge in [-0.1, -0.05) is 30.3 Å². The molecule has 0 spiro atoms. The van der Waals surface area contributed by atoms with Crippen LogP contribution in [0.1, 0.15) is 44.0 Å². The minimum atomic E-state index is 0. The van der Waals surface area contributed by atoms with Crippen molar-refractivity contribution < 1.29 is 0 Å². The summed E-state index contributed by atoms with van der Waals surface area (Å²) in [6, 6.07) is 21.2. The number of anilines is 1. The van der Waals surface area contributed by atoms with Crippen molar-refractivity contribution in [2.45, 2.75) is 39.3 Å². The van der Waals surface area contributed by atoms with Crippen LogP contribution in [0.25, 0.3) is 5.69 Å². The van der Waals surface area contributed by atoms with E-state index in [1.165, 1.54) is 24.1 Å². The maximum Gasteiger partial charge on any atom is 0.192 e. The van der Waals surface area contributed by atoms with Crippen molar-refractivity contribution >= 4 is 35.6 Å². The Morgan fingerprint density at radius 3 is 2.53 bits per heavy atom. The molecule has 7 heteroatoms. The molecule has 0 saturated carbocycles. The number of para-hydroxylation sites is 1. The van der Waals surface area contributed by atoms with E-state index < -0.39 is 0 Å². The molecular formula is C25H33IN6. The largest absolute Gasteiger partial charge is 0.372 e. The molecule has 32 heavy (non-hydrogen) atoms. The number of nitrogens with one attached hydrogen (secondary N) is 2. The Balaban J connectivity index is 0.00000289. The van der Waals surface area contributed by atoms with E-state index in [0.29, 0.717) is 6.54 Å². The van der Waals surface area contributed by atoms with Gasteiger partial charge in [0.2, 0.25) is 0 Å². The standard InChI is InChI=1S/C25H32N6.HI/c1-3-26-25(27-19-22-14-17-31(29-22)23-11-5-4-6-12-23)28-20(2)21-10-9-13-24(18-21)30-15-7-8-16-30;/h4-6,9-14,17-18,20H,3,7-8,15-16,19H2,1-2H3,(H2,26,27,28);1H. The number of hydrogen-bond donors (Lipinski definition) is 2. The molecule has 2 aromatic carbocycles. The van der Waals surface area contributed by atoms with Gasteiger partial charge < -0.3 is 15.5 Å². The Bertz CT molecular complexity index is 994. The molecule has 1 aliphatic rings. The maximum atomic E-state index is 4.76. The topological polar surface area (TPSA) is 57.5 Å². The molecule has 0 aliphatic carbocycles. The van der Waals surface area contributed by atoms with Crippen molar-refractivity contribution in [1.29, 1.82) is 0 Å². The van der Waals surface area contributed by atoms with Crippen LogP contribution in [0.3, 0.4) is 0 Å². The van der Waals surface area contributed by atoms with Gasteiger partial charge in [0.25, 0.3) is 0 Å². The summed E-state index contributed by atoms with van der Waals surface area (Å²) in [5.74, 6) is 0.802. The predicted molar refractivity (Wildman–Crippen MR) is 143 cm³/mol. The van der Waals surface area contributed by atoms with Crippen LogP contribution in [-0.4, -0.2) is 35.4 Å². The highest BCUT2D eigenvalue weighted by molar-refractivity contribution is 14.0. The van der Waals surface area contributed by atoms with Gasteiger partial charge in [0.05, 0.1) is 24.0 Å². The number of aromatic nitrogens is 2.